The number of hydrogen-bond acceptors (Lipinski definition) is 4. The number of anilines is 2. The largest absolute Gasteiger partial charge is 0.478 e. The van der Waals surface area contributed by atoms with Crippen molar-refractivity contribution in [3.05, 3.63) is 47.4 Å². The molecule has 4 N–H and O–H groups in total. The van der Waals surface area contributed by atoms with Crippen LogP contribution in [-0.2, 0) is 0 Å². The van der Waals surface area contributed by atoms with Gasteiger partial charge in [-0.05, 0) is 31.2 Å². The van der Waals surface area contributed by atoms with Crippen molar-refractivity contribution in [2.24, 2.45) is 0 Å². The number of nitrogens with two attached hydrogens (primary N) is 1. The van der Waals surface area contributed by atoms with E-state index < -0.39 is 11.9 Å². The van der Waals surface area contributed by atoms with Crippen LogP contribution in [0.3, 0.4) is 0 Å². The molecule has 1 aromatic carbocycles. The highest BCUT2D eigenvalue weighted by molar-refractivity contribution is 6.05. The van der Waals surface area contributed by atoms with Gasteiger partial charge in [-0.1, -0.05) is 0 Å². The van der Waals surface area contributed by atoms with Crippen molar-refractivity contribution in [2.45, 2.75) is 6.92 Å². The van der Waals surface area contributed by atoms with E-state index in [4.69, 9.17) is 15.3 Å². The zero-order valence-corrected chi connectivity index (χ0v) is 10.1. The van der Waals surface area contributed by atoms with Crippen LogP contribution in [0.2, 0.25) is 0 Å². The second kappa shape index (κ2) is 4.85. The summed E-state index contributed by atoms with van der Waals surface area (Å²) in [5.41, 5.74) is 6.97. The highest BCUT2D eigenvalue weighted by Crippen LogP contribution is 2.21. The Morgan fingerprint density at radius 1 is 1.32 bits per heavy atom. The quantitative estimate of drug-likeness (QED) is 0.733. The van der Waals surface area contributed by atoms with E-state index >= 15 is 0 Å². The van der Waals surface area contributed by atoms with Gasteiger partial charge in [0.25, 0.3) is 5.91 Å². The van der Waals surface area contributed by atoms with E-state index in [0.717, 1.165) is 0 Å². The van der Waals surface area contributed by atoms with Crippen LogP contribution >= 0.6 is 0 Å². The van der Waals surface area contributed by atoms with Crippen LogP contribution in [0.4, 0.5) is 11.4 Å². The predicted octanol–water partition coefficient (Wildman–Crippen LogP) is 2.12. The topological polar surface area (TPSA) is 106 Å². The molecule has 2 aromatic rings. The molecule has 0 aliphatic heterocycles. The Bertz CT molecular complexity index is 646. The highest BCUT2D eigenvalue weighted by Gasteiger charge is 2.14. The van der Waals surface area contributed by atoms with Gasteiger partial charge in [-0.2, -0.15) is 0 Å². The van der Waals surface area contributed by atoms with E-state index in [-0.39, 0.29) is 17.0 Å². The number of carboxylic acid groups (broad SMARTS) is 1. The Kier molecular flexibility index (Phi) is 3.24. The summed E-state index contributed by atoms with van der Waals surface area (Å²) in [4.78, 5) is 22.7. The minimum Gasteiger partial charge on any atom is -0.478 e. The monoisotopic (exact) mass is 260 g/mol. The van der Waals surface area contributed by atoms with Gasteiger partial charge in [-0.15, -0.1) is 0 Å². The molecule has 1 aromatic heterocycles. The van der Waals surface area contributed by atoms with Gasteiger partial charge in [0.2, 0.25) is 0 Å². The molecule has 1 amide bonds. The summed E-state index contributed by atoms with van der Waals surface area (Å²) >= 11 is 0. The minimum absolute atomic E-state index is 0.0599. The predicted molar refractivity (Wildman–Crippen MR) is 69.2 cm³/mol. The number of carbonyl (C=O) groups excluding carboxylic acids is 1. The lowest BCUT2D eigenvalue weighted by Gasteiger charge is -2.08. The smallest absolute Gasteiger partial charge is 0.335 e. The van der Waals surface area contributed by atoms with E-state index in [1.54, 1.807) is 13.0 Å². The number of rotatable bonds is 3. The lowest BCUT2D eigenvalue weighted by atomic mass is 10.1. The molecule has 0 saturated carbocycles. The average Bonchev–Trinajstić information content (AvgIpc) is 2.77. The zero-order valence-electron chi connectivity index (χ0n) is 10.1. The molecular formula is C13H12N2O4. The molecule has 0 fully saturated rings. The van der Waals surface area contributed by atoms with Gasteiger partial charge in [0, 0.05) is 5.56 Å². The first-order chi connectivity index (χ1) is 8.99. The van der Waals surface area contributed by atoms with Gasteiger partial charge >= 0.3 is 5.97 Å². The molecule has 6 heteroatoms. The summed E-state index contributed by atoms with van der Waals surface area (Å²) in [6.07, 6.45) is 1.42. The van der Waals surface area contributed by atoms with E-state index in [2.05, 4.69) is 5.32 Å². The maximum Gasteiger partial charge on any atom is 0.335 e. The molecule has 0 radical (unpaired) electrons. The first kappa shape index (κ1) is 12.7. The molecule has 0 aliphatic carbocycles. The number of benzene rings is 1. The Labute approximate surface area is 108 Å². The molecule has 0 unspecified atom stereocenters. The van der Waals surface area contributed by atoms with Gasteiger partial charge in [0.05, 0.1) is 23.2 Å². The molecule has 0 atom stereocenters. The molecule has 1 heterocycles. The highest BCUT2D eigenvalue weighted by atomic mass is 16.4. The fourth-order valence-electron chi connectivity index (χ4n) is 1.59. The van der Waals surface area contributed by atoms with Gasteiger partial charge < -0.3 is 20.6 Å². The van der Waals surface area contributed by atoms with E-state index in [1.165, 1.54) is 24.5 Å². The number of nitrogens with one attached hydrogen (secondary N) is 1. The van der Waals surface area contributed by atoms with Crippen LogP contribution < -0.4 is 11.1 Å². The number of aryl methyl sites for hydroxylation is 1. The van der Waals surface area contributed by atoms with E-state index in [9.17, 15) is 9.59 Å². The van der Waals surface area contributed by atoms with Crippen LogP contribution in [0.1, 0.15) is 26.5 Å². The summed E-state index contributed by atoms with van der Waals surface area (Å²) in [7, 11) is 0. The fourth-order valence-corrected chi connectivity index (χ4v) is 1.59. The molecule has 0 saturated heterocycles. The van der Waals surface area contributed by atoms with Crippen molar-refractivity contribution in [1.29, 1.82) is 0 Å². The molecule has 19 heavy (non-hydrogen) atoms. The van der Waals surface area contributed by atoms with E-state index in [0.29, 0.717) is 11.3 Å². The molecular weight excluding hydrogens is 248 g/mol. The van der Waals surface area contributed by atoms with E-state index in [1.807, 2.05) is 0 Å². The standard InChI is InChI=1S/C13H12N2O4/c1-7-4-5-19-11(7)12(16)15-10-3-2-8(13(17)18)6-9(10)14/h2-6H,14H2,1H3,(H,15,16)(H,17,18). The Morgan fingerprint density at radius 3 is 2.58 bits per heavy atom. The lowest BCUT2D eigenvalue weighted by molar-refractivity contribution is 0.0697. The fraction of sp³-hybridized carbons (Fsp3) is 0.0769. The second-order valence-electron chi connectivity index (χ2n) is 3.99. The number of nitrogen functional groups attached to an aromatic ring is 1. The number of furan rings is 1. The summed E-state index contributed by atoms with van der Waals surface area (Å²) in [6, 6.07) is 5.76. The van der Waals surface area contributed by atoms with Crippen molar-refractivity contribution >= 4 is 23.3 Å². The van der Waals surface area contributed by atoms with Gasteiger partial charge in [0.15, 0.2) is 5.76 Å². The average molecular weight is 260 g/mol. The first-order valence-corrected chi connectivity index (χ1v) is 5.47. The van der Waals surface area contributed by atoms with Crippen molar-refractivity contribution in [3.63, 3.8) is 0 Å². The third kappa shape index (κ3) is 2.57. The minimum atomic E-state index is -1.08. The van der Waals surface area contributed by atoms with Crippen LogP contribution in [0.5, 0.6) is 0 Å². The zero-order chi connectivity index (χ0) is 14.0. The first-order valence-electron chi connectivity index (χ1n) is 5.47. The number of aromatic carboxylic acids is 1. The Morgan fingerprint density at radius 2 is 2.05 bits per heavy atom. The molecule has 0 bridgehead atoms. The van der Waals surface area contributed by atoms with Gasteiger partial charge in [-0.3, -0.25) is 4.79 Å². The molecule has 0 aliphatic rings. The number of hydrogen-bond donors (Lipinski definition) is 3. The van der Waals surface area contributed by atoms with Crippen LogP contribution in [0.15, 0.2) is 34.9 Å². The number of carboxylic acids is 1. The van der Waals surface area contributed by atoms with Crippen molar-refractivity contribution in [2.75, 3.05) is 11.1 Å². The Balaban J connectivity index is 2.23. The number of amides is 1. The van der Waals surface area contributed by atoms with Gasteiger partial charge in [-0.25, -0.2) is 4.79 Å². The molecule has 98 valence electrons. The Hall–Kier alpha value is -2.76. The normalized spacial score (nSPS) is 10.2. The van der Waals surface area contributed by atoms with Crippen LogP contribution in [0.25, 0.3) is 0 Å². The summed E-state index contributed by atoms with van der Waals surface area (Å²) < 4.78 is 5.05. The SMILES string of the molecule is Cc1ccoc1C(=O)Nc1ccc(C(=O)O)cc1N. The second-order valence-corrected chi connectivity index (χ2v) is 3.99. The molecule has 6 nitrogen and oxygen atoms in total. The summed E-state index contributed by atoms with van der Waals surface area (Å²) in [5.74, 6) is -1.31. The van der Waals surface area contributed by atoms with Crippen molar-refractivity contribution in [1.82, 2.24) is 0 Å². The third-order valence-corrected chi connectivity index (χ3v) is 2.62. The maximum atomic E-state index is 11.9. The summed E-state index contributed by atoms with van der Waals surface area (Å²) in [6.45, 7) is 1.75. The van der Waals surface area contributed by atoms with Crippen LogP contribution in [0, 0.1) is 6.92 Å². The van der Waals surface area contributed by atoms with Gasteiger partial charge in [0.1, 0.15) is 0 Å². The van der Waals surface area contributed by atoms with Crippen molar-refractivity contribution in [3.8, 4) is 0 Å². The third-order valence-electron chi connectivity index (χ3n) is 2.62. The maximum absolute atomic E-state index is 11.9. The van der Waals surface area contributed by atoms with Crippen LogP contribution in [-0.4, -0.2) is 17.0 Å². The molecule has 2 rings (SSSR count). The van der Waals surface area contributed by atoms with Crippen molar-refractivity contribution < 1.29 is 19.1 Å². The summed E-state index contributed by atoms with van der Waals surface area (Å²) in [5, 5.41) is 11.4. The lowest BCUT2D eigenvalue weighted by Crippen LogP contribution is -2.13. The molecule has 0 spiro atoms. The number of carbonyl (C=O) groups is 2.